The topological polar surface area (TPSA) is 37.3 Å². The highest BCUT2D eigenvalue weighted by Gasteiger charge is 2.32. The van der Waals surface area contributed by atoms with Gasteiger partial charge in [-0.25, -0.2) is 0 Å². The molecule has 0 aromatic heterocycles. The van der Waals surface area contributed by atoms with Crippen LogP contribution < -0.4 is 0 Å². The van der Waals surface area contributed by atoms with Crippen LogP contribution in [0.15, 0.2) is 0 Å². The molecule has 0 aliphatic heterocycles. The van der Waals surface area contributed by atoms with E-state index in [0.29, 0.717) is 5.92 Å². The number of rotatable bonds is 5. The molecule has 2 heteroatoms. The molecule has 1 atom stereocenters. The van der Waals surface area contributed by atoms with Gasteiger partial charge in [0.1, 0.15) is 0 Å². The molecule has 14 heavy (non-hydrogen) atoms. The minimum atomic E-state index is -0.649. The quantitative estimate of drug-likeness (QED) is 0.736. The van der Waals surface area contributed by atoms with Crippen molar-refractivity contribution in [3.63, 3.8) is 0 Å². The zero-order valence-corrected chi connectivity index (χ0v) is 10.1. The number of carboxylic acids is 1. The van der Waals surface area contributed by atoms with Crippen LogP contribution >= 0.6 is 0 Å². The van der Waals surface area contributed by atoms with E-state index < -0.39 is 5.97 Å². The number of hydrogen-bond acceptors (Lipinski definition) is 1. The Hall–Kier alpha value is -0.530. The maximum atomic E-state index is 11.1. The number of hydrogen-bond donors (Lipinski definition) is 1. The van der Waals surface area contributed by atoms with Gasteiger partial charge in [0.2, 0.25) is 0 Å². The molecule has 0 aromatic rings. The molecule has 0 saturated heterocycles. The molecule has 84 valence electrons. The molecular formula is C12H24O2. The summed E-state index contributed by atoms with van der Waals surface area (Å²) in [6.45, 7) is 10.3. The first-order valence-electron chi connectivity index (χ1n) is 5.55. The summed E-state index contributed by atoms with van der Waals surface area (Å²) in [6, 6.07) is 0. The Bertz CT molecular complexity index is 175. The molecule has 0 amide bonds. The van der Waals surface area contributed by atoms with Crippen molar-refractivity contribution < 1.29 is 9.90 Å². The molecular weight excluding hydrogens is 176 g/mol. The van der Waals surface area contributed by atoms with Crippen molar-refractivity contribution >= 4 is 5.97 Å². The summed E-state index contributed by atoms with van der Waals surface area (Å²) in [6.07, 6.45) is 2.97. The molecule has 0 aliphatic rings. The molecule has 1 N–H and O–H groups in total. The summed E-state index contributed by atoms with van der Waals surface area (Å²) >= 11 is 0. The summed E-state index contributed by atoms with van der Waals surface area (Å²) in [5.74, 6) is -0.313. The second-order valence-electron chi connectivity index (χ2n) is 5.18. The Kier molecular flexibility index (Phi) is 5.17. The van der Waals surface area contributed by atoms with Gasteiger partial charge >= 0.3 is 5.97 Å². The van der Waals surface area contributed by atoms with Crippen molar-refractivity contribution in [2.75, 3.05) is 0 Å². The third kappa shape index (κ3) is 4.12. The van der Waals surface area contributed by atoms with E-state index in [2.05, 4.69) is 13.8 Å². The lowest BCUT2D eigenvalue weighted by atomic mass is 9.75. The van der Waals surface area contributed by atoms with E-state index in [1.807, 2.05) is 20.8 Å². The van der Waals surface area contributed by atoms with Gasteiger partial charge in [-0.3, -0.25) is 4.79 Å². The predicted molar refractivity (Wildman–Crippen MR) is 59.3 cm³/mol. The number of carbonyl (C=O) groups is 1. The summed E-state index contributed by atoms with van der Waals surface area (Å²) in [4.78, 5) is 11.1. The third-order valence-electron chi connectivity index (χ3n) is 3.07. The van der Waals surface area contributed by atoms with E-state index in [0.717, 1.165) is 19.3 Å². The monoisotopic (exact) mass is 200 g/mol. The van der Waals surface area contributed by atoms with Gasteiger partial charge in [-0.05, 0) is 17.8 Å². The van der Waals surface area contributed by atoms with Gasteiger partial charge in [-0.15, -0.1) is 0 Å². The van der Waals surface area contributed by atoms with Gasteiger partial charge < -0.3 is 5.11 Å². The van der Waals surface area contributed by atoms with Crippen LogP contribution in [0, 0.1) is 17.3 Å². The molecule has 0 saturated carbocycles. The lowest BCUT2D eigenvalue weighted by Gasteiger charge is -2.29. The lowest BCUT2D eigenvalue weighted by molar-refractivity contribution is -0.146. The van der Waals surface area contributed by atoms with Crippen molar-refractivity contribution in [2.45, 2.75) is 53.9 Å². The Morgan fingerprint density at radius 1 is 1.21 bits per heavy atom. The smallest absolute Gasteiger partial charge is 0.307 e. The van der Waals surface area contributed by atoms with Crippen LogP contribution in [-0.4, -0.2) is 11.1 Å². The van der Waals surface area contributed by atoms with Crippen LogP contribution in [0.1, 0.15) is 53.9 Å². The van der Waals surface area contributed by atoms with Crippen LogP contribution in [0.5, 0.6) is 0 Å². The van der Waals surface area contributed by atoms with E-state index in [1.54, 1.807) is 0 Å². The molecule has 0 spiro atoms. The standard InChI is InChI=1S/C12H24O2/c1-6-9(7-2)8-10(11(13)14)12(3,4)5/h9-10H,6-8H2,1-5H3,(H,13,14). The van der Waals surface area contributed by atoms with E-state index in [-0.39, 0.29) is 11.3 Å². The Labute approximate surface area is 87.7 Å². The van der Waals surface area contributed by atoms with Gasteiger partial charge in [0, 0.05) is 0 Å². The fourth-order valence-electron chi connectivity index (χ4n) is 1.78. The minimum absolute atomic E-state index is 0.131. The normalized spacial score (nSPS) is 14.4. The second kappa shape index (κ2) is 5.38. The van der Waals surface area contributed by atoms with Gasteiger partial charge in [0.15, 0.2) is 0 Å². The number of carboxylic acid groups (broad SMARTS) is 1. The van der Waals surface area contributed by atoms with Gasteiger partial charge in [0.25, 0.3) is 0 Å². The van der Waals surface area contributed by atoms with Crippen molar-refractivity contribution in [2.24, 2.45) is 17.3 Å². The molecule has 0 rings (SSSR count). The highest BCUT2D eigenvalue weighted by Crippen LogP contribution is 2.33. The van der Waals surface area contributed by atoms with Gasteiger partial charge in [-0.2, -0.15) is 0 Å². The average Bonchev–Trinajstić information content (AvgIpc) is 2.03. The average molecular weight is 200 g/mol. The molecule has 0 heterocycles. The summed E-state index contributed by atoms with van der Waals surface area (Å²) in [7, 11) is 0. The first-order valence-corrected chi connectivity index (χ1v) is 5.55. The van der Waals surface area contributed by atoms with Crippen LogP contribution in [0.3, 0.4) is 0 Å². The SMILES string of the molecule is CCC(CC)CC(C(=O)O)C(C)(C)C. The van der Waals surface area contributed by atoms with Crippen LogP contribution in [0.4, 0.5) is 0 Å². The first kappa shape index (κ1) is 13.5. The van der Waals surface area contributed by atoms with E-state index in [9.17, 15) is 4.79 Å². The van der Waals surface area contributed by atoms with E-state index in [4.69, 9.17) is 5.11 Å². The molecule has 2 nitrogen and oxygen atoms in total. The van der Waals surface area contributed by atoms with Crippen molar-refractivity contribution in [3.8, 4) is 0 Å². The van der Waals surface area contributed by atoms with Crippen LogP contribution in [0.2, 0.25) is 0 Å². The van der Waals surface area contributed by atoms with Crippen molar-refractivity contribution in [1.82, 2.24) is 0 Å². The van der Waals surface area contributed by atoms with E-state index in [1.165, 1.54) is 0 Å². The van der Waals surface area contributed by atoms with Crippen molar-refractivity contribution in [3.05, 3.63) is 0 Å². The Morgan fingerprint density at radius 2 is 1.64 bits per heavy atom. The van der Waals surface area contributed by atoms with E-state index >= 15 is 0 Å². The fraction of sp³-hybridized carbons (Fsp3) is 0.917. The zero-order chi connectivity index (χ0) is 11.4. The second-order valence-corrected chi connectivity index (χ2v) is 5.18. The first-order chi connectivity index (χ1) is 6.32. The molecule has 1 unspecified atom stereocenters. The highest BCUT2D eigenvalue weighted by atomic mass is 16.4. The van der Waals surface area contributed by atoms with Crippen molar-refractivity contribution in [1.29, 1.82) is 0 Å². The molecule has 0 aliphatic carbocycles. The Balaban J connectivity index is 4.45. The number of aliphatic carboxylic acids is 1. The Morgan fingerprint density at radius 3 is 1.86 bits per heavy atom. The van der Waals surface area contributed by atoms with Gasteiger partial charge in [-0.1, -0.05) is 47.5 Å². The largest absolute Gasteiger partial charge is 0.481 e. The summed E-state index contributed by atoms with van der Waals surface area (Å²) < 4.78 is 0. The summed E-state index contributed by atoms with van der Waals surface area (Å²) in [5, 5.41) is 9.15. The highest BCUT2D eigenvalue weighted by molar-refractivity contribution is 5.70. The van der Waals surface area contributed by atoms with Crippen LogP contribution in [0.25, 0.3) is 0 Å². The van der Waals surface area contributed by atoms with Gasteiger partial charge in [0.05, 0.1) is 5.92 Å². The molecule has 0 radical (unpaired) electrons. The molecule has 0 fully saturated rings. The van der Waals surface area contributed by atoms with Crippen LogP contribution in [-0.2, 0) is 4.79 Å². The summed E-state index contributed by atoms with van der Waals surface area (Å²) in [5.41, 5.74) is -0.131. The molecule has 0 aromatic carbocycles. The maximum Gasteiger partial charge on any atom is 0.307 e. The fourth-order valence-corrected chi connectivity index (χ4v) is 1.78. The minimum Gasteiger partial charge on any atom is -0.481 e. The molecule has 0 bridgehead atoms. The predicted octanol–water partition coefficient (Wildman–Crippen LogP) is 3.56. The lowest BCUT2D eigenvalue weighted by Crippen LogP contribution is -2.30. The zero-order valence-electron chi connectivity index (χ0n) is 10.1. The maximum absolute atomic E-state index is 11.1. The third-order valence-corrected chi connectivity index (χ3v) is 3.07.